The molecule has 3 rings (SSSR count). The van der Waals surface area contributed by atoms with E-state index in [2.05, 4.69) is 10.3 Å². The number of carboxylic acid groups (broad SMARTS) is 1. The molecular weight excluding hydrogens is 410 g/mol. The second kappa shape index (κ2) is 9.04. The summed E-state index contributed by atoms with van der Waals surface area (Å²) in [6.45, 7) is 0. The van der Waals surface area contributed by atoms with Crippen LogP contribution in [0.4, 0.5) is 5.69 Å². The predicted molar refractivity (Wildman–Crippen MR) is 107 cm³/mol. The summed E-state index contributed by atoms with van der Waals surface area (Å²) < 4.78 is 26.8. The molecule has 158 valence electrons. The van der Waals surface area contributed by atoms with Gasteiger partial charge < -0.3 is 10.4 Å². The first-order valence-corrected chi connectivity index (χ1v) is 10.9. The molecule has 10 heteroatoms. The first kappa shape index (κ1) is 21.4. The first-order chi connectivity index (χ1) is 14.3. The zero-order chi connectivity index (χ0) is 21.7. The number of carbonyl (C=O) groups excluding carboxylic acids is 2. The molecule has 9 nitrogen and oxygen atoms in total. The fraction of sp³-hybridized carbons (Fsp3) is 0.300. The van der Waals surface area contributed by atoms with Crippen molar-refractivity contribution in [1.82, 2.24) is 9.71 Å². The molecule has 0 radical (unpaired) electrons. The van der Waals surface area contributed by atoms with Crippen LogP contribution in [0, 0.1) is 5.92 Å². The topological polar surface area (TPSA) is 143 Å². The molecule has 0 saturated heterocycles. The second-order valence-corrected chi connectivity index (χ2v) is 8.70. The molecule has 0 atom stereocenters. The molecule has 1 fully saturated rings. The van der Waals surface area contributed by atoms with Crippen molar-refractivity contribution < 1.29 is 27.9 Å². The summed E-state index contributed by atoms with van der Waals surface area (Å²) in [6.07, 6.45) is 5.90. The zero-order valence-corrected chi connectivity index (χ0v) is 16.8. The standard InChI is InChI=1S/C20H21N3O6S/c24-18(13-4-2-1-3-5-13)22-15-7-9-16(10-8-15)30(28,29)23-19(25)14-6-11-17(20(26)27)21-12-14/h6-13H,1-5H2,(H,22,24)(H,23,25)(H,26,27). The average Bonchev–Trinajstić information content (AvgIpc) is 2.74. The maximum Gasteiger partial charge on any atom is 0.354 e. The highest BCUT2D eigenvalue weighted by molar-refractivity contribution is 7.90. The number of carboxylic acids is 1. The zero-order valence-electron chi connectivity index (χ0n) is 16.0. The Bertz CT molecular complexity index is 1040. The van der Waals surface area contributed by atoms with Crippen molar-refractivity contribution in [2.24, 2.45) is 5.92 Å². The van der Waals surface area contributed by atoms with E-state index in [0.29, 0.717) is 5.69 Å². The van der Waals surface area contributed by atoms with E-state index >= 15 is 0 Å². The summed E-state index contributed by atoms with van der Waals surface area (Å²) in [5.74, 6) is -2.29. The van der Waals surface area contributed by atoms with E-state index < -0.39 is 21.9 Å². The SMILES string of the molecule is O=C(NS(=O)(=O)c1ccc(NC(=O)C2CCCCC2)cc1)c1ccc(C(=O)O)nc1. The molecule has 0 unspecified atom stereocenters. The number of hydrogen-bond acceptors (Lipinski definition) is 6. The first-order valence-electron chi connectivity index (χ1n) is 9.44. The summed E-state index contributed by atoms with van der Waals surface area (Å²) in [7, 11) is -4.16. The van der Waals surface area contributed by atoms with Gasteiger partial charge in [-0.15, -0.1) is 0 Å². The van der Waals surface area contributed by atoms with Crippen molar-refractivity contribution in [3.63, 3.8) is 0 Å². The molecule has 2 aromatic rings. The maximum absolute atomic E-state index is 12.4. The minimum atomic E-state index is -4.16. The summed E-state index contributed by atoms with van der Waals surface area (Å²) in [5, 5.41) is 11.6. The molecule has 1 saturated carbocycles. The number of hydrogen-bond donors (Lipinski definition) is 3. The van der Waals surface area contributed by atoms with Crippen LogP contribution in [0.5, 0.6) is 0 Å². The lowest BCUT2D eigenvalue weighted by molar-refractivity contribution is -0.120. The van der Waals surface area contributed by atoms with Gasteiger partial charge in [0.1, 0.15) is 5.69 Å². The van der Waals surface area contributed by atoms with Gasteiger partial charge in [0.15, 0.2) is 0 Å². The third kappa shape index (κ3) is 5.20. The van der Waals surface area contributed by atoms with Gasteiger partial charge in [0, 0.05) is 17.8 Å². The molecule has 1 aromatic heterocycles. The van der Waals surface area contributed by atoms with E-state index in [1.54, 1.807) is 0 Å². The lowest BCUT2D eigenvalue weighted by Crippen LogP contribution is -2.30. The minimum Gasteiger partial charge on any atom is -0.477 e. The maximum atomic E-state index is 12.4. The Morgan fingerprint density at radius 2 is 1.63 bits per heavy atom. The van der Waals surface area contributed by atoms with Gasteiger partial charge in [-0.05, 0) is 49.2 Å². The van der Waals surface area contributed by atoms with Crippen LogP contribution in [0.15, 0.2) is 47.5 Å². The van der Waals surface area contributed by atoms with Crippen LogP contribution in [-0.2, 0) is 14.8 Å². The molecule has 30 heavy (non-hydrogen) atoms. The monoisotopic (exact) mass is 431 g/mol. The fourth-order valence-corrected chi connectivity index (χ4v) is 4.20. The molecule has 0 spiro atoms. The van der Waals surface area contributed by atoms with Crippen LogP contribution in [0.1, 0.15) is 53.0 Å². The lowest BCUT2D eigenvalue weighted by Gasteiger charge is -2.20. The van der Waals surface area contributed by atoms with Crippen LogP contribution in [0.3, 0.4) is 0 Å². The normalized spacial score (nSPS) is 14.7. The van der Waals surface area contributed by atoms with Crippen LogP contribution in [-0.4, -0.2) is 36.3 Å². The number of nitrogens with one attached hydrogen (secondary N) is 2. The number of nitrogens with zero attached hydrogens (tertiary/aromatic N) is 1. The van der Waals surface area contributed by atoms with Gasteiger partial charge >= 0.3 is 5.97 Å². The predicted octanol–water partition coefficient (Wildman–Crippen LogP) is 2.42. The molecule has 1 heterocycles. The molecule has 0 bridgehead atoms. The number of benzene rings is 1. The number of sulfonamides is 1. The van der Waals surface area contributed by atoms with Gasteiger partial charge in [-0.1, -0.05) is 19.3 Å². The average molecular weight is 431 g/mol. The molecule has 0 aliphatic heterocycles. The van der Waals surface area contributed by atoms with Gasteiger partial charge in [0.25, 0.3) is 15.9 Å². The highest BCUT2D eigenvalue weighted by Crippen LogP contribution is 2.25. The number of aromatic nitrogens is 1. The van der Waals surface area contributed by atoms with Gasteiger partial charge in [0.2, 0.25) is 5.91 Å². The van der Waals surface area contributed by atoms with Crippen molar-refractivity contribution in [2.45, 2.75) is 37.0 Å². The molecule has 1 aromatic carbocycles. The van der Waals surface area contributed by atoms with E-state index in [0.717, 1.165) is 44.4 Å². The number of anilines is 1. The third-order valence-electron chi connectivity index (χ3n) is 4.88. The Morgan fingerprint density at radius 3 is 2.20 bits per heavy atom. The highest BCUT2D eigenvalue weighted by Gasteiger charge is 2.22. The Labute approximate surface area is 173 Å². The van der Waals surface area contributed by atoms with Crippen molar-refractivity contribution in [3.8, 4) is 0 Å². The third-order valence-corrected chi connectivity index (χ3v) is 6.23. The van der Waals surface area contributed by atoms with Gasteiger partial charge in [-0.25, -0.2) is 22.9 Å². The number of amides is 2. The Hall–Kier alpha value is -3.27. The number of rotatable bonds is 6. The molecule has 1 aliphatic carbocycles. The van der Waals surface area contributed by atoms with E-state index in [-0.39, 0.29) is 28.0 Å². The number of pyridine rings is 1. The van der Waals surface area contributed by atoms with E-state index in [4.69, 9.17) is 5.11 Å². The van der Waals surface area contributed by atoms with E-state index in [1.165, 1.54) is 30.3 Å². The van der Waals surface area contributed by atoms with Gasteiger partial charge in [0.05, 0.1) is 10.5 Å². The largest absolute Gasteiger partial charge is 0.477 e. The Balaban J connectivity index is 1.64. The van der Waals surface area contributed by atoms with Crippen LogP contribution in [0.25, 0.3) is 0 Å². The number of carbonyl (C=O) groups is 3. The van der Waals surface area contributed by atoms with Crippen molar-refractivity contribution in [2.75, 3.05) is 5.32 Å². The van der Waals surface area contributed by atoms with Crippen molar-refractivity contribution in [1.29, 1.82) is 0 Å². The molecular formula is C20H21N3O6S. The summed E-state index contributed by atoms with van der Waals surface area (Å²) in [4.78, 5) is 38.7. The highest BCUT2D eigenvalue weighted by atomic mass is 32.2. The van der Waals surface area contributed by atoms with Gasteiger partial charge in [-0.2, -0.15) is 0 Å². The summed E-state index contributed by atoms with van der Waals surface area (Å²) in [5.41, 5.74) is 0.115. The van der Waals surface area contributed by atoms with E-state index in [1.807, 2.05) is 4.72 Å². The minimum absolute atomic E-state index is 0.0254. The lowest BCUT2D eigenvalue weighted by atomic mass is 9.88. The van der Waals surface area contributed by atoms with Crippen LogP contribution in [0.2, 0.25) is 0 Å². The Kier molecular flexibility index (Phi) is 6.46. The smallest absolute Gasteiger partial charge is 0.354 e. The van der Waals surface area contributed by atoms with Crippen molar-refractivity contribution >= 4 is 33.5 Å². The van der Waals surface area contributed by atoms with E-state index in [9.17, 15) is 22.8 Å². The summed E-state index contributed by atoms with van der Waals surface area (Å²) >= 11 is 0. The molecule has 3 N–H and O–H groups in total. The van der Waals surface area contributed by atoms with Crippen molar-refractivity contribution in [3.05, 3.63) is 53.9 Å². The molecule has 2 amide bonds. The van der Waals surface area contributed by atoms with Gasteiger partial charge in [-0.3, -0.25) is 9.59 Å². The quantitative estimate of drug-likeness (QED) is 0.637. The van der Waals surface area contributed by atoms with Crippen LogP contribution < -0.4 is 10.0 Å². The van der Waals surface area contributed by atoms with Crippen LogP contribution >= 0.6 is 0 Å². The summed E-state index contributed by atoms with van der Waals surface area (Å²) in [6, 6.07) is 7.78. The second-order valence-electron chi connectivity index (χ2n) is 7.02. The number of aromatic carboxylic acids is 1. The fourth-order valence-electron chi connectivity index (χ4n) is 3.22. The molecule has 1 aliphatic rings. The Morgan fingerprint density at radius 1 is 0.967 bits per heavy atom.